The van der Waals surface area contributed by atoms with E-state index < -0.39 is 11.7 Å². The summed E-state index contributed by atoms with van der Waals surface area (Å²) in [5.41, 5.74) is 2.29. The van der Waals surface area contributed by atoms with Crippen molar-refractivity contribution in [2.45, 2.75) is 46.3 Å². The van der Waals surface area contributed by atoms with E-state index in [-0.39, 0.29) is 5.97 Å². The molecule has 3 aromatic rings. The van der Waals surface area contributed by atoms with E-state index in [2.05, 4.69) is 16.9 Å². The highest BCUT2D eigenvalue weighted by atomic mass is 19.4. The number of halogens is 3. The molecular formula is C25H26F3N3O2. The van der Waals surface area contributed by atoms with Crippen molar-refractivity contribution in [2.75, 3.05) is 11.4 Å². The molecule has 0 saturated carbocycles. The van der Waals surface area contributed by atoms with Gasteiger partial charge in [0.15, 0.2) is 0 Å². The number of hydrogen-bond acceptors (Lipinski definition) is 5. The predicted molar refractivity (Wildman–Crippen MR) is 121 cm³/mol. The van der Waals surface area contributed by atoms with Crippen LogP contribution in [0.1, 0.15) is 43.4 Å². The number of carbonyl (C=O) groups is 1. The van der Waals surface area contributed by atoms with Crippen LogP contribution in [-0.4, -0.2) is 22.5 Å². The summed E-state index contributed by atoms with van der Waals surface area (Å²) in [6, 6.07) is 12.2. The van der Waals surface area contributed by atoms with E-state index in [1.807, 2.05) is 24.0 Å². The molecule has 3 rings (SSSR count). The maximum absolute atomic E-state index is 12.9. The normalized spacial score (nSPS) is 11.3. The first-order valence-corrected chi connectivity index (χ1v) is 10.7. The molecule has 0 saturated heterocycles. The van der Waals surface area contributed by atoms with E-state index in [0.717, 1.165) is 42.6 Å². The van der Waals surface area contributed by atoms with Gasteiger partial charge in [0.05, 0.1) is 11.3 Å². The first-order valence-electron chi connectivity index (χ1n) is 10.7. The minimum Gasteiger partial charge on any atom is -0.426 e. The lowest BCUT2D eigenvalue weighted by molar-refractivity contribution is -0.137. The molecule has 0 unspecified atom stereocenters. The van der Waals surface area contributed by atoms with Gasteiger partial charge in [-0.2, -0.15) is 13.2 Å². The highest BCUT2D eigenvalue weighted by Crippen LogP contribution is 2.31. The molecule has 0 spiro atoms. The lowest BCUT2D eigenvalue weighted by Gasteiger charge is -2.23. The van der Waals surface area contributed by atoms with Crippen molar-refractivity contribution in [2.24, 2.45) is 0 Å². The Labute approximate surface area is 191 Å². The van der Waals surface area contributed by atoms with Gasteiger partial charge in [0, 0.05) is 31.8 Å². The van der Waals surface area contributed by atoms with Crippen molar-refractivity contribution in [3.05, 3.63) is 71.4 Å². The van der Waals surface area contributed by atoms with Gasteiger partial charge in [-0.05, 0) is 48.7 Å². The maximum atomic E-state index is 12.9. The molecule has 33 heavy (non-hydrogen) atoms. The van der Waals surface area contributed by atoms with E-state index in [1.165, 1.54) is 19.1 Å². The number of nitrogens with zero attached hydrogens (tertiary/aromatic N) is 3. The van der Waals surface area contributed by atoms with Gasteiger partial charge in [-0.15, -0.1) is 0 Å². The average Bonchev–Trinajstić information content (AvgIpc) is 2.78. The minimum atomic E-state index is -4.38. The number of benzene rings is 2. The number of aryl methyl sites for hydroxylation is 1. The Morgan fingerprint density at radius 3 is 2.42 bits per heavy atom. The summed E-state index contributed by atoms with van der Waals surface area (Å²) in [5, 5.41) is 0. The van der Waals surface area contributed by atoms with E-state index in [1.54, 1.807) is 18.3 Å². The van der Waals surface area contributed by atoms with Crippen LogP contribution in [0.4, 0.5) is 19.1 Å². The largest absolute Gasteiger partial charge is 0.426 e. The van der Waals surface area contributed by atoms with E-state index >= 15 is 0 Å². The zero-order valence-electron chi connectivity index (χ0n) is 18.8. The van der Waals surface area contributed by atoms with Gasteiger partial charge in [0.2, 0.25) is 5.95 Å². The van der Waals surface area contributed by atoms with Gasteiger partial charge in [-0.3, -0.25) is 4.79 Å². The first kappa shape index (κ1) is 24.2. The van der Waals surface area contributed by atoms with Gasteiger partial charge in [0.1, 0.15) is 5.75 Å². The van der Waals surface area contributed by atoms with Crippen molar-refractivity contribution in [3.8, 4) is 17.0 Å². The van der Waals surface area contributed by atoms with Crippen molar-refractivity contribution >= 4 is 11.9 Å². The van der Waals surface area contributed by atoms with Crippen LogP contribution in [0, 0.1) is 6.92 Å². The SMILES string of the molecule is CCCCN(Cc1ccc(OC(C)=O)c(C)c1)c1nccc(-c2ccc(C(F)(F)F)cc2)n1. The van der Waals surface area contributed by atoms with Crippen molar-refractivity contribution in [3.63, 3.8) is 0 Å². The predicted octanol–water partition coefficient (Wildman–Crippen LogP) is 6.20. The molecule has 1 aromatic heterocycles. The third-order valence-corrected chi connectivity index (χ3v) is 5.08. The summed E-state index contributed by atoms with van der Waals surface area (Å²) < 4.78 is 43.8. The molecule has 2 aromatic carbocycles. The van der Waals surface area contributed by atoms with E-state index in [9.17, 15) is 18.0 Å². The number of aromatic nitrogens is 2. The molecule has 0 fully saturated rings. The van der Waals surface area contributed by atoms with Crippen LogP contribution in [0.15, 0.2) is 54.7 Å². The number of anilines is 1. The van der Waals surface area contributed by atoms with Crippen LogP contribution < -0.4 is 9.64 Å². The van der Waals surface area contributed by atoms with Crippen LogP contribution in [0.5, 0.6) is 5.75 Å². The van der Waals surface area contributed by atoms with Gasteiger partial charge in [0.25, 0.3) is 0 Å². The Hall–Kier alpha value is -3.42. The second-order valence-electron chi connectivity index (χ2n) is 7.79. The highest BCUT2D eigenvalue weighted by molar-refractivity contribution is 5.69. The molecule has 0 amide bonds. The molecule has 174 valence electrons. The summed E-state index contributed by atoms with van der Waals surface area (Å²) in [5.74, 6) is 0.651. The second kappa shape index (κ2) is 10.5. The zero-order chi connectivity index (χ0) is 24.0. The van der Waals surface area contributed by atoms with Crippen LogP contribution >= 0.6 is 0 Å². The standard InChI is InChI=1S/C25H26F3N3O2/c1-4-5-14-31(16-19-6-11-23(17(2)15-19)33-18(3)32)24-29-13-12-22(30-24)20-7-9-21(10-8-20)25(26,27)28/h6-13,15H,4-5,14,16H2,1-3H3. The monoisotopic (exact) mass is 457 g/mol. The maximum Gasteiger partial charge on any atom is 0.416 e. The number of unbranched alkanes of at least 4 members (excludes halogenated alkanes) is 1. The summed E-state index contributed by atoms with van der Waals surface area (Å²) >= 11 is 0. The summed E-state index contributed by atoms with van der Waals surface area (Å²) in [4.78, 5) is 22.3. The Kier molecular flexibility index (Phi) is 7.68. The van der Waals surface area contributed by atoms with Crippen LogP contribution in [0.25, 0.3) is 11.3 Å². The third kappa shape index (κ3) is 6.54. The molecule has 0 atom stereocenters. The summed E-state index contributed by atoms with van der Waals surface area (Å²) in [6.07, 6.45) is -0.851. The smallest absolute Gasteiger partial charge is 0.416 e. The molecule has 0 aliphatic heterocycles. The molecule has 1 heterocycles. The number of hydrogen-bond donors (Lipinski definition) is 0. The lowest BCUT2D eigenvalue weighted by atomic mass is 10.1. The summed E-state index contributed by atoms with van der Waals surface area (Å²) in [7, 11) is 0. The average molecular weight is 457 g/mol. The van der Waals surface area contributed by atoms with Crippen LogP contribution in [-0.2, 0) is 17.5 Å². The fourth-order valence-corrected chi connectivity index (χ4v) is 3.39. The third-order valence-electron chi connectivity index (χ3n) is 5.08. The first-order chi connectivity index (χ1) is 15.7. The molecular weight excluding hydrogens is 431 g/mol. The van der Waals surface area contributed by atoms with Gasteiger partial charge in [-0.25, -0.2) is 9.97 Å². The summed E-state index contributed by atoms with van der Waals surface area (Å²) in [6.45, 7) is 6.59. The lowest BCUT2D eigenvalue weighted by Crippen LogP contribution is -2.26. The molecule has 0 aliphatic carbocycles. The Bertz CT molecular complexity index is 1100. The molecule has 0 N–H and O–H groups in total. The number of alkyl halides is 3. The van der Waals surface area contributed by atoms with Crippen molar-refractivity contribution in [1.82, 2.24) is 9.97 Å². The Balaban J connectivity index is 1.86. The number of ether oxygens (including phenoxy) is 1. The van der Waals surface area contributed by atoms with Crippen molar-refractivity contribution in [1.29, 1.82) is 0 Å². The number of esters is 1. The number of carbonyl (C=O) groups excluding carboxylic acids is 1. The van der Waals surface area contributed by atoms with Gasteiger partial charge in [-0.1, -0.05) is 37.6 Å². The zero-order valence-corrected chi connectivity index (χ0v) is 18.8. The Morgan fingerprint density at radius 1 is 1.09 bits per heavy atom. The molecule has 0 aliphatic rings. The van der Waals surface area contributed by atoms with Gasteiger partial charge < -0.3 is 9.64 Å². The second-order valence-corrected chi connectivity index (χ2v) is 7.79. The quantitative estimate of drug-likeness (QED) is 0.298. The van der Waals surface area contributed by atoms with E-state index in [0.29, 0.717) is 29.5 Å². The molecule has 0 bridgehead atoms. The minimum absolute atomic E-state index is 0.371. The fraction of sp³-hybridized carbons (Fsp3) is 0.320. The molecule has 8 heteroatoms. The van der Waals surface area contributed by atoms with E-state index in [4.69, 9.17) is 4.74 Å². The Morgan fingerprint density at radius 2 is 1.82 bits per heavy atom. The highest BCUT2D eigenvalue weighted by Gasteiger charge is 2.30. The number of rotatable bonds is 8. The molecule has 5 nitrogen and oxygen atoms in total. The molecule has 0 radical (unpaired) electrons. The van der Waals surface area contributed by atoms with Crippen LogP contribution in [0.2, 0.25) is 0 Å². The van der Waals surface area contributed by atoms with Crippen LogP contribution in [0.3, 0.4) is 0 Å². The van der Waals surface area contributed by atoms with Gasteiger partial charge >= 0.3 is 12.1 Å². The van der Waals surface area contributed by atoms with Crippen molar-refractivity contribution < 1.29 is 22.7 Å². The fourth-order valence-electron chi connectivity index (χ4n) is 3.39. The topological polar surface area (TPSA) is 55.3 Å².